The second kappa shape index (κ2) is 7.25. The van der Waals surface area contributed by atoms with Gasteiger partial charge in [0, 0.05) is 12.6 Å². The second-order valence-electron chi connectivity index (χ2n) is 4.26. The Balaban J connectivity index is 2.97. The number of nitro benzene ring substituents is 1. The molecular formula is C12H17ClFN3O2. The summed E-state index contributed by atoms with van der Waals surface area (Å²) in [5.74, 6) is -0.809. The predicted octanol–water partition coefficient (Wildman–Crippen LogP) is 3.32. The summed E-state index contributed by atoms with van der Waals surface area (Å²) in [5.41, 5.74) is 5.48. The van der Waals surface area contributed by atoms with Crippen LogP contribution in [0.25, 0.3) is 0 Å². The summed E-state index contributed by atoms with van der Waals surface area (Å²) in [6, 6.07) is 1.95. The molecule has 0 aliphatic rings. The first-order valence-electron chi connectivity index (χ1n) is 6.09. The normalized spacial score (nSPS) is 12.2. The number of hydrogen-bond donors (Lipinski definition) is 2. The van der Waals surface area contributed by atoms with Crippen molar-refractivity contribution in [1.82, 2.24) is 0 Å². The molecule has 0 bridgehead atoms. The Morgan fingerprint density at radius 2 is 2.26 bits per heavy atom. The van der Waals surface area contributed by atoms with Crippen LogP contribution in [0.15, 0.2) is 12.1 Å². The van der Waals surface area contributed by atoms with Gasteiger partial charge in [-0.25, -0.2) is 4.39 Å². The fourth-order valence-corrected chi connectivity index (χ4v) is 1.89. The first-order valence-corrected chi connectivity index (χ1v) is 6.47. The van der Waals surface area contributed by atoms with Crippen LogP contribution >= 0.6 is 11.6 Å². The van der Waals surface area contributed by atoms with E-state index in [1.54, 1.807) is 0 Å². The quantitative estimate of drug-likeness (QED) is 0.596. The maximum atomic E-state index is 13.3. The van der Waals surface area contributed by atoms with Crippen molar-refractivity contribution in [2.45, 2.75) is 32.2 Å². The lowest BCUT2D eigenvalue weighted by Crippen LogP contribution is -2.29. The van der Waals surface area contributed by atoms with Crippen LogP contribution < -0.4 is 11.1 Å². The number of benzene rings is 1. The van der Waals surface area contributed by atoms with Crippen molar-refractivity contribution in [1.29, 1.82) is 0 Å². The van der Waals surface area contributed by atoms with Crippen molar-refractivity contribution in [3.8, 4) is 0 Å². The summed E-state index contributed by atoms with van der Waals surface area (Å²) in [4.78, 5) is 10.2. The van der Waals surface area contributed by atoms with E-state index in [1.807, 2.05) is 6.92 Å². The zero-order valence-corrected chi connectivity index (χ0v) is 11.4. The van der Waals surface area contributed by atoms with Gasteiger partial charge in [-0.15, -0.1) is 0 Å². The summed E-state index contributed by atoms with van der Waals surface area (Å²) in [7, 11) is 0. The average molecular weight is 290 g/mol. The van der Waals surface area contributed by atoms with Gasteiger partial charge in [-0.3, -0.25) is 10.1 Å². The minimum absolute atomic E-state index is 0.0971. The number of nitrogens with two attached hydrogens (primary N) is 1. The lowest BCUT2D eigenvalue weighted by Gasteiger charge is -2.18. The molecule has 0 fully saturated rings. The molecule has 0 spiro atoms. The fraction of sp³-hybridized carbons (Fsp3) is 0.500. The summed E-state index contributed by atoms with van der Waals surface area (Å²) < 4.78 is 13.3. The van der Waals surface area contributed by atoms with Crippen molar-refractivity contribution in [3.05, 3.63) is 33.1 Å². The van der Waals surface area contributed by atoms with E-state index < -0.39 is 10.7 Å². The monoisotopic (exact) mass is 289 g/mol. The van der Waals surface area contributed by atoms with Gasteiger partial charge in [-0.1, -0.05) is 31.4 Å². The van der Waals surface area contributed by atoms with Crippen LogP contribution in [0.2, 0.25) is 5.02 Å². The smallest absolute Gasteiger partial charge is 0.295 e. The lowest BCUT2D eigenvalue weighted by atomic mass is 10.1. The summed E-state index contributed by atoms with van der Waals surface area (Å²) in [6.07, 6.45) is 2.75. The molecule has 0 radical (unpaired) electrons. The SMILES string of the molecule is CCCCC(CN)Nc1cc(Cl)c(F)cc1[N+](=O)[O-]. The second-order valence-corrected chi connectivity index (χ2v) is 4.67. The number of anilines is 1. The van der Waals surface area contributed by atoms with Gasteiger partial charge in [0.15, 0.2) is 0 Å². The Hall–Kier alpha value is -1.40. The van der Waals surface area contributed by atoms with Crippen molar-refractivity contribution in [2.24, 2.45) is 5.73 Å². The number of nitrogens with one attached hydrogen (secondary N) is 1. The van der Waals surface area contributed by atoms with E-state index in [2.05, 4.69) is 5.32 Å². The van der Waals surface area contributed by atoms with Crippen LogP contribution in [-0.4, -0.2) is 17.5 Å². The van der Waals surface area contributed by atoms with Gasteiger partial charge in [0.25, 0.3) is 5.69 Å². The summed E-state index contributed by atoms with van der Waals surface area (Å²) in [6.45, 7) is 2.39. The number of unbranched alkanes of at least 4 members (excludes halogenated alkanes) is 1. The van der Waals surface area contributed by atoms with Crippen LogP contribution in [0, 0.1) is 15.9 Å². The maximum Gasteiger partial charge on any atom is 0.295 e. The molecule has 3 N–H and O–H groups in total. The molecule has 0 saturated carbocycles. The van der Waals surface area contributed by atoms with E-state index in [0.29, 0.717) is 6.54 Å². The first kappa shape index (κ1) is 15.7. The van der Waals surface area contributed by atoms with Gasteiger partial charge in [-0.05, 0) is 12.5 Å². The molecule has 0 aliphatic heterocycles. The molecule has 0 saturated heterocycles. The minimum Gasteiger partial charge on any atom is -0.375 e. The molecule has 0 aromatic heterocycles. The third-order valence-corrected chi connectivity index (χ3v) is 3.08. The highest BCUT2D eigenvalue weighted by atomic mass is 35.5. The van der Waals surface area contributed by atoms with Crippen LogP contribution in [0.4, 0.5) is 15.8 Å². The summed E-state index contributed by atoms with van der Waals surface area (Å²) in [5, 5.41) is 13.7. The first-order chi connectivity index (χ1) is 8.99. The highest BCUT2D eigenvalue weighted by molar-refractivity contribution is 6.31. The van der Waals surface area contributed by atoms with Crippen LogP contribution in [0.1, 0.15) is 26.2 Å². The molecule has 106 valence electrons. The van der Waals surface area contributed by atoms with Gasteiger partial charge in [-0.2, -0.15) is 0 Å². The fourth-order valence-electron chi connectivity index (χ4n) is 1.72. The maximum absolute atomic E-state index is 13.3. The molecule has 1 rings (SSSR count). The Bertz CT molecular complexity index is 457. The van der Waals surface area contributed by atoms with E-state index in [-0.39, 0.29) is 22.4 Å². The van der Waals surface area contributed by atoms with Gasteiger partial charge in [0.2, 0.25) is 0 Å². The molecule has 0 amide bonds. The highest BCUT2D eigenvalue weighted by Gasteiger charge is 2.19. The topological polar surface area (TPSA) is 81.2 Å². The Morgan fingerprint density at radius 1 is 1.58 bits per heavy atom. The molecule has 5 nitrogen and oxygen atoms in total. The number of rotatable bonds is 7. The molecule has 1 unspecified atom stereocenters. The van der Waals surface area contributed by atoms with Crippen LogP contribution in [-0.2, 0) is 0 Å². The molecule has 1 atom stereocenters. The standard InChI is InChI=1S/C12H17ClFN3O2/c1-2-3-4-8(7-15)16-11-5-9(13)10(14)6-12(11)17(18)19/h5-6,8,16H,2-4,7,15H2,1H3. The van der Waals surface area contributed by atoms with E-state index in [1.165, 1.54) is 6.07 Å². The number of nitrogens with zero attached hydrogens (tertiary/aromatic N) is 1. The number of halogens is 2. The largest absolute Gasteiger partial charge is 0.375 e. The van der Waals surface area contributed by atoms with E-state index >= 15 is 0 Å². The zero-order chi connectivity index (χ0) is 14.4. The number of nitro groups is 1. The lowest BCUT2D eigenvalue weighted by molar-refractivity contribution is -0.384. The van der Waals surface area contributed by atoms with Crippen molar-refractivity contribution < 1.29 is 9.31 Å². The molecule has 19 heavy (non-hydrogen) atoms. The van der Waals surface area contributed by atoms with Crippen molar-refractivity contribution >= 4 is 23.0 Å². The zero-order valence-electron chi connectivity index (χ0n) is 10.7. The molecule has 0 aliphatic carbocycles. The Labute approximate surface area is 116 Å². The van der Waals surface area contributed by atoms with Crippen LogP contribution in [0.3, 0.4) is 0 Å². The van der Waals surface area contributed by atoms with E-state index in [9.17, 15) is 14.5 Å². The highest BCUT2D eigenvalue weighted by Crippen LogP contribution is 2.31. The molecular weight excluding hydrogens is 273 g/mol. The van der Waals surface area contributed by atoms with Gasteiger partial charge in [0.1, 0.15) is 11.5 Å². The van der Waals surface area contributed by atoms with Crippen molar-refractivity contribution in [3.63, 3.8) is 0 Å². The van der Waals surface area contributed by atoms with Crippen molar-refractivity contribution in [2.75, 3.05) is 11.9 Å². The van der Waals surface area contributed by atoms with E-state index in [0.717, 1.165) is 25.3 Å². The third kappa shape index (κ3) is 4.33. The molecule has 7 heteroatoms. The molecule has 1 aromatic carbocycles. The van der Waals surface area contributed by atoms with Crippen LogP contribution in [0.5, 0.6) is 0 Å². The minimum atomic E-state index is -0.809. The average Bonchev–Trinajstić information content (AvgIpc) is 2.37. The third-order valence-electron chi connectivity index (χ3n) is 2.79. The predicted molar refractivity (Wildman–Crippen MR) is 74.1 cm³/mol. The summed E-state index contributed by atoms with van der Waals surface area (Å²) >= 11 is 5.65. The van der Waals surface area contributed by atoms with Gasteiger partial charge >= 0.3 is 0 Å². The number of hydrogen-bond acceptors (Lipinski definition) is 4. The van der Waals surface area contributed by atoms with E-state index in [4.69, 9.17) is 17.3 Å². The Kier molecular flexibility index (Phi) is 5.98. The Morgan fingerprint density at radius 3 is 2.79 bits per heavy atom. The molecule has 0 heterocycles. The van der Waals surface area contributed by atoms with Gasteiger partial charge in [0.05, 0.1) is 16.0 Å². The molecule has 1 aromatic rings. The van der Waals surface area contributed by atoms with Gasteiger partial charge < -0.3 is 11.1 Å².